The van der Waals surface area contributed by atoms with E-state index in [9.17, 15) is 4.79 Å². The van der Waals surface area contributed by atoms with Gasteiger partial charge in [-0.15, -0.1) is 11.3 Å². The van der Waals surface area contributed by atoms with Gasteiger partial charge in [0, 0.05) is 49.9 Å². The van der Waals surface area contributed by atoms with Gasteiger partial charge in [0.05, 0.1) is 35.5 Å². The topological polar surface area (TPSA) is 67.4 Å². The van der Waals surface area contributed by atoms with Crippen molar-refractivity contribution in [2.45, 2.75) is 38.8 Å². The molecule has 0 bridgehead atoms. The minimum atomic E-state index is -0.427. The molecule has 2 atom stereocenters. The Bertz CT molecular complexity index is 1030. The molecule has 30 heavy (non-hydrogen) atoms. The van der Waals surface area contributed by atoms with Crippen LogP contribution in [0.3, 0.4) is 0 Å². The van der Waals surface area contributed by atoms with Crippen molar-refractivity contribution in [1.29, 1.82) is 0 Å². The molecule has 1 spiro atoms. The predicted octanol–water partition coefficient (Wildman–Crippen LogP) is 3.19. The summed E-state index contributed by atoms with van der Waals surface area (Å²) in [5, 5.41) is 7.51. The number of hydrogen-bond donors (Lipinski definition) is 0. The molecule has 0 saturated carbocycles. The maximum absolute atomic E-state index is 13.9. The molecule has 3 aromatic rings. The molecule has 2 fully saturated rings. The van der Waals surface area contributed by atoms with Crippen molar-refractivity contribution in [3.8, 4) is 0 Å². The Labute approximate surface area is 180 Å². The second-order valence-corrected chi connectivity index (χ2v) is 9.59. The molecular weight excluding hydrogens is 398 g/mol. The lowest BCUT2D eigenvalue weighted by Gasteiger charge is -2.42. The van der Waals surface area contributed by atoms with Gasteiger partial charge in [-0.05, 0) is 38.0 Å². The largest absolute Gasteiger partial charge is 0.468 e. The van der Waals surface area contributed by atoms with E-state index in [0.29, 0.717) is 6.54 Å². The maximum Gasteiger partial charge on any atom is 0.231 e. The lowest BCUT2D eigenvalue weighted by molar-refractivity contribution is -0.147. The SMILES string of the molecule is Cc1nc(CN2CCC[C@]3(CN(Cc4ccco4)C[C@H]3c3ccnn3C)C2=O)cs1. The van der Waals surface area contributed by atoms with Crippen LogP contribution >= 0.6 is 11.3 Å². The number of aromatic nitrogens is 3. The Morgan fingerprint density at radius 2 is 2.23 bits per heavy atom. The minimum Gasteiger partial charge on any atom is -0.468 e. The monoisotopic (exact) mass is 425 g/mol. The summed E-state index contributed by atoms with van der Waals surface area (Å²) in [6, 6.07) is 5.99. The summed E-state index contributed by atoms with van der Waals surface area (Å²) < 4.78 is 7.52. The van der Waals surface area contributed by atoms with E-state index in [4.69, 9.17) is 4.42 Å². The van der Waals surface area contributed by atoms with Crippen molar-refractivity contribution in [3.63, 3.8) is 0 Å². The zero-order valence-electron chi connectivity index (χ0n) is 17.5. The van der Waals surface area contributed by atoms with Gasteiger partial charge in [-0.1, -0.05) is 0 Å². The van der Waals surface area contributed by atoms with Crippen molar-refractivity contribution in [3.05, 3.63) is 58.2 Å². The van der Waals surface area contributed by atoms with E-state index in [1.165, 1.54) is 0 Å². The van der Waals surface area contributed by atoms with Crippen LogP contribution in [0.1, 0.15) is 40.9 Å². The van der Waals surface area contributed by atoms with Crippen LogP contribution in [-0.4, -0.2) is 50.1 Å². The van der Waals surface area contributed by atoms with E-state index in [-0.39, 0.29) is 11.8 Å². The minimum absolute atomic E-state index is 0.118. The first-order chi connectivity index (χ1) is 14.5. The summed E-state index contributed by atoms with van der Waals surface area (Å²) in [5.74, 6) is 1.31. The standard InChI is InChI=1S/C22H27N5O2S/c1-16-24-17(14-30-16)11-27-9-4-7-22(21(27)28)15-26(12-18-5-3-10-29-18)13-19(22)20-6-8-23-25(20)2/h3,5-6,8,10,14,19H,4,7,9,11-13,15H2,1-2H3/t19-,22+/m0/s1. The molecule has 0 aliphatic carbocycles. The van der Waals surface area contributed by atoms with Crippen LogP contribution < -0.4 is 0 Å². The third-order valence-corrected chi connectivity index (χ3v) is 7.39. The van der Waals surface area contributed by atoms with E-state index in [1.807, 2.05) is 41.9 Å². The molecule has 2 aliphatic rings. The zero-order chi connectivity index (χ0) is 20.7. The summed E-state index contributed by atoms with van der Waals surface area (Å²) in [4.78, 5) is 22.9. The molecule has 5 rings (SSSR count). The molecule has 2 saturated heterocycles. The van der Waals surface area contributed by atoms with E-state index in [1.54, 1.807) is 17.6 Å². The molecule has 158 valence electrons. The van der Waals surface area contributed by atoms with Crippen molar-refractivity contribution in [1.82, 2.24) is 24.6 Å². The summed E-state index contributed by atoms with van der Waals surface area (Å²) in [7, 11) is 1.97. The van der Waals surface area contributed by atoms with Crippen LogP contribution in [0.5, 0.6) is 0 Å². The molecular formula is C22H27N5O2S. The Balaban J connectivity index is 1.45. The number of aryl methyl sites for hydroxylation is 2. The summed E-state index contributed by atoms with van der Waals surface area (Å²) in [6.07, 6.45) is 5.46. The first-order valence-electron chi connectivity index (χ1n) is 10.5. The zero-order valence-corrected chi connectivity index (χ0v) is 18.3. The van der Waals surface area contributed by atoms with Crippen molar-refractivity contribution < 1.29 is 9.21 Å². The van der Waals surface area contributed by atoms with Gasteiger partial charge in [-0.25, -0.2) is 4.98 Å². The molecule has 8 heteroatoms. The Hall–Kier alpha value is -2.45. The third kappa shape index (κ3) is 3.37. The number of furan rings is 1. The first kappa shape index (κ1) is 19.5. The number of amides is 1. The van der Waals surface area contributed by atoms with Gasteiger partial charge < -0.3 is 9.32 Å². The van der Waals surface area contributed by atoms with Gasteiger partial charge in [-0.3, -0.25) is 14.4 Å². The number of hydrogen-bond acceptors (Lipinski definition) is 6. The van der Waals surface area contributed by atoms with E-state index in [2.05, 4.69) is 26.4 Å². The van der Waals surface area contributed by atoms with Crippen LogP contribution in [0.4, 0.5) is 0 Å². The Kier molecular flexibility index (Phi) is 4.99. The van der Waals surface area contributed by atoms with Gasteiger partial charge in [0.2, 0.25) is 5.91 Å². The fourth-order valence-electron chi connectivity index (χ4n) is 5.26. The van der Waals surface area contributed by atoms with Gasteiger partial charge in [-0.2, -0.15) is 5.10 Å². The lowest BCUT2D eigenvalue weighted by atomic mass is 9.70. The summed E-state index contributed by atoms with van der Waals surface area (Å²) in [5.41, 5.74) is 1.70. The average Bonchev–Trinajstić information content (AvgIpc) is 3.50. The third-order valence-electron chi connectivity index (χ3n) is 6.57. The molecule has 0 radical (unpaired) electrons. The number of carbonyl (C=O) groups excluding carboxylic acids is 1. The number of carbonyl (C=O) groups is 1. The quantitative estimate of drug-likeness (QED) is 0.628. The van der Waals surface area contributed by atoms with Crippen molar-refractivity contribution in [2.75, 3.05) is 19.6 Å². The van der Waals surface area contributed by atoms with Gasteiger partial charge in [0.15, 0.2) is 0 Å². The molecule has 3 aromatic heterocycles. The van der Waals surface area contributed by atoms with E-state index >= 15 is 0 Å². The number of rotatable bonds is 5. The average molecular weight is 426 g/mol. The molecule has 7 nitrogen and oxygen atoms in total. The highest BCUT2D eigenvalue weighted by Crippen LogP contribution is 2.49. The summed E-state index contributed by atoms with van der Waals surface area (Å²) >= 11 is 1.64. The Morgan fingerprint density at radius 1 is 1.33 bits per heavy atom. The highest BCUT2D eigenvalue weighted by Gasteiger charge is 2.55. The van der Waals surface area contributed by atoms with Crippen molar-refractivity contribution >= 4 is 17.2 Å². The fourth-order valence-corrected chi connectivity index (χ4v) is 5.86. The molecule has 0 aromatic carbocycles. The normalized spacial score (nSPS) is 24.9. The van der Waals surface area contributed by atoms with Crippen LogP contribution in [0.25, 0.3) is 0 Å². The maximum atomic E-state index is 13.9. The number of thiazole rings is 1. The van der Waals surface area contributed by atoms with E-state index in [0.717, 1.165) is 61.2 Å². The highest BCUT2D eigenvalue weighted by molar-refractivity contribution is 7.09. The van der Waals surface area contributed by atoms with Gasteiger partial charge >= 0.3 is 0 Å². The number of nitrogens with zero attached hydrogens (tertiary/aromatic N) is 5. The molecule has 5 heterocycles. The van der Waals surface area contributed by atoms with Gasteiger partial charge in [0.1, 0.15) is 5.76 Å². The van der Waals surface area contributed by atoms with Crippen LogP contribution in [0.15, 0.2) is 40.5 Å². The second-order valence-electron chi connectivity index (χ2n) is 8.53. The van der Waals surface area contributed by atoms with Crippen molar-refractivity contribution in [2.24, 2.45) is 12.5 Å². The lowest BCUT2D eigenvalue weighted by Crippen LogP contribution is -2.52. The number of likely N-dealkylation sites (tertiary alicyclic amines) is 2. The van der Waals surface area contributed by atoms with Crippen LogP contribution in [0, 0.1) is 12.3 Å². The Morgan fingerprint density at radius 3 is 2.93 bits per heavy atom. The van der Waals surface area contributed by atoms with Crippen LogP contribution in [-0.2, 0) is 24.9 Å². The summed E-state index contributed by atoms with van der Waals surface area (Å²) in [6.45, 7) is 5.70. The van der Waals surface area contributed by atoms with Crippen LogP contribution in [0.2, 0.25) is 0 Å². The highest BCUT2D eigenvalue weighted by atomic mass is 32.1. The predicted molar refractivity (Wildman–Crippen MR) is 114 cm³/mol. The first-order valence-corrected chi connectivity index (χ1v) is 11.4. The molecule has 0 unspecified atom stereocenters. The molecule has 2 aliphatic heterocycles. The second kappa shape index (κ2) is 7.67. The fraction of sp³-hybridized carbons (Fsp3) is 0.500. The molecule has 0 N–H and O–H groups in total. The smallest absolute Gasteiger partial charge is 0.231 e. The molecule has 1 amide bonds. The van der Waals surface area contributed by atoms with E-state index < -0.39 is 5.41 Å². The number of piperidine rings is 1. The van der Waals surface area contributed by atoms with Gasteiger partial charge in [0.25, 0.3) is 0 Å².